The van der Waals surface area contributed by atoms with E-state index in [0.717, 1.165) is 22.8 Å². The van der Waals surface area contributed by atoms with E-state index in [4.69, 9.17) is 16.7 Å². The molecule has 6 nitrogen and oxygen atoms in total. The van der Waals surface area contributed by atoms with Crippen molar-refractivity contribution in [3.8, 4) is 0 Å². The topological polar surface area (TPSA) is 90.5 Å². The van der Waals surface area contributed by atoms with Crippen LogP contribution < -0.4 is 0 Å². The van der Waals surface area contributed by atoms with E-state index in [1.165, 1.54) is 10.5 Å². The van der Waals surface area contributed by atoms with Gasteiger partial charge in [-0.1, -0.05) is 11.6 Å². The highest BCUT2D eigenvalue weighted by Gasteiger charge is 2.30. The lowest BCUT2D eigenvalue weighted by molar-refractivity contribution is 0.0691. The molecule has 3 rings (SSSR count). The fourth-order valence-corrected chi connectivity index (χ4v) is 4.49. The van der Waals surface area contributed by atoms with Crippen LogP contribution in [0.3, 0.4) is 0 Å². The Morgan fingerprint density at radius 3 is 2.74 bits per heavy atom. The van der Waals surface area contributed by atoms with E-state index in [0.29, 0.717) is 18.0 Å². The van der Waals surface area contributed by atoms with E-state index in [-0.39, 0.29) is 17.1 Å². The number of aromatic amines is 1. The van der Waals surface area contributed by atoms with Gasteiger partial charge in [-0.15, -0.1) is 0 Å². The first-order chi connectivity index (χ1) is 10.8. The molecule has 2 aromatic rings. The smallest absolute Gasteiger partial charge is 0.352 e. The molecule has 8 heteroatoms. The fraction of sp³-hybridized carbons (Fsp3) is 0.267. The highest BCUT2D eigenvalue weighted by atomic mass is 35.5. The molecule has 23 heavy (non-hydrogen) atoms. The Balaban J connectivity index is 1.94. The highest BCUT2D eigenvalue weighted by Crippen LogP contribution is 2.29. The van der Waals surface area contributed by atoms with E-state index in [1.807, 2.05) is 19.1 Å². The number of nitrogens with zero attached hydrogens (tertiary/aromatic N) is 1. The van der Waals surface area contributed by atoms with Crippen molar-refractivity contribution in [2.45, 2.75) is 24.8 Å². The molecule has 0 aliphatic carbocycles. The second-order valence-corrected chi connectivity index (χ2v) is 7.88. The number of rotatable bonds is 3. The number of fused-ring (bicyclic) bond motifs is 1. The maximum Gasteiger partial charge on any atom is 0.352 e. The van der Waals surface area contributed by atoms with Crippen LogP contribution in [-0.4, -0.2) is 35.3 Å². The van der Waals surface area contributed by atoms with Gasteiger partial charge in [-0.3, -0.25) is 0 Å². The number of carbonyl (C=O) groups is 1. The minimum atomic E-state index is -3.74. The number of halogens is 1. The van der Waals surface area contributed by atoms with Crippen molar-refractivity contribution in [1.82, 2.24) is 9.29 Å². The molecule has 1 aromatic heterocycles. The molecule has 1 aliphatic rings. The van der Waals surface area contributed by atoms with Crippen LogP contribution in [0.4, 0.5) is 0 Å². The van der Waals surface area contributed by atoms with Crippen molar-refractivity contribution in [2.24, 2.45) is 0 Å². The molecule has 0 spiro atoms. The predicted octanol–water partition coefficient (Wildman–Crippen LogP) is 2.42. The molecule has 2 N–H and O–H groups in total. The molecule has 0 unspecified atom stereocenters. The summed E-state index contributed by atoms with van der Waals surface area (Å²) < 4.78 is 26.8. The Morgan fingerprint density at radius 1 is 1.35 bits per heavy atom. The summed E-state index contributed by atoms with van der Waals surface area (Å²) in [5.74, 6) is -1.19. The van der Waals surface area contributed by atoms with Gasteiger partial charge in [0.15, 0.2) is 0 Å². The van der Waals surface area contributed by atoms with Gasteiger partial charge in [-0.25, -0.2) is 13.2 Å². The zero-order chi connectivity index (χ0) is 16.8. The van der Waals surface area contributed by atoms with Crippen LogP contribution in [0.2, 0.25) is 5.02 Å². The number of aromatic carboxylic acids is 1. The lowest BCUT2D eigenvalue weighted by atomic mass is 9.97. The molecule has 1 aromatic carbocycles. The molecule has 0 fully saturated rings. The van der Waals surface area contributed by atoms with E-state index in [2.05, 4.69) is 4.98 Å². The standard InChI is InChI=1S/C15H15ClN2O4S/c1-9-4-11(16)5-10-2-3-18(8-13(9)10)23(21,22)12-6-14(15(19)20)17-7-12/h4-7,17H,2-3,8H2,1H3,(H,19,20). The first-order valence-corrected chi connectivity index (χ1v) is 8.80. The third-order valence-electron chi connectivity index (χ3n) is 4.02. The maximum atomic E-state index is 12.7. The molecule has 0 amide bonds. The normalized spacial score (nSPS) is 15.4. The monoisotopic (exact) mass is 354 g/mol. The largest absolute Gasteiger partial charge is 0.477 e. The Kier molecular flexibility index (Phi) is 3.95. The summed E-state index contributed by atoms with van der Waals surface area (Å²) >= 11 is 6.04. The zero-order valence-corrected chi connectivity index (χ0v) is 13.9. The van der Waals surface area contributed by atoms with Crippen LogP contribution in [0.5, 0.6) is 0 Å². The Bertz CT molecular complexity index is 889. The van der Waals surface area contributed by atoms with Crippen molar-refractivity contribution < 1.29 is 18.3 Å². The quantitative estimate of drug-likeness (QED) is 0.885. The van der Waals surface area contributed by atoms with Crippen LogP contribution in [-0.2, 0) is 23.0 Å². The fourth-order valence-electron chi connectivity index (χ4n) is 2.79. The first kappa shape index (κ1) is 16.0. The van der Waals surface area contributed by atoms with Gasteiger partial charge in [0.05, 0.1) is 0 Å². The van der Waals surface area contributed by atoms with Crippen LogP contribution in [0.1, 0.15) is 27.2 Å². The lowest BCUT2D eigenvalue weighted by Gasteiger charge is -2.29. The molecule has 0 atom stereocenters. The number of aromatic nitrogens is 1. The summed E-state index contributed by atoms with van der Waals surface area (Å²) in [6.07, 6.45) is 1.79. The molecular weight excluding hydrogens is 340 g/mol. The molecule has 122 valence electrons. The molecular formula is C15H15ClN2O4S. The average Bonchev–Trinajstić information content (AvgIpc) is 2.97. The van der Waals surface area contributed by atoms with Crippen LogP contribution >= 0.6 is 11.6 Å². The summed E-state index contributed by atoms with van der Waals surface area (Å²) in [7, 11) is -3.74. The highest BCUT2D eigenvalue weighted by molar-refractivity contribution is 7.89. The van der Waals surface area contributed by atoms with Crippen molar-refractivity contribution in [3.05, 3.63) is 51.8 Å². The minimum absolute atomic E-state index is 0.0371. The molecule has 1 aliphatic heterocycles. The maximum absolute atomic E-state index is 12.7. The van der Waals surface area contributed by atoms with Gasteiger partial charge in [0.1, 0.15) is 10.6 Å². The number of carboxylic acids is 1. The SMILES string of the molecule is Cc1cc(Cl)cc2c1CN(S(=O)(=O)c1c[nH]c(C(=O)O)c1)CC2. The Morgan fingerprint density at radius 2 is 2.09 bits per heavy atom. The summed E-state index contributed by atoms with van der Waals surface area (Å²) in [6, 6.07) is 4.82. The number of benzene rings is 1. The summed E-state index contributed by atoms with van der Waals surface area (Å²) in [6.45, 7) is 2.50. The van der Waals surface area contributed by atoms with Gasteiger partial charge in [0.25, 0.3) is 0 Å². The van der Waals surface area contributed by atoms with E-state index < -0.39 is 16.0 Å². The summed E-state index contributed by atoms with van der Waals surface area (Å²) in [5.41, 5.74) is 2.82. The van der Waals surface area contributed by atoms with Crippen LogP contribution in [0.25, 0.3) is 0 Å². The van der Waals surface area contributed by atoms with Gasteiger partial charge in [0.2, 0.25) is 10.0 Å². The molecule has 2 heterocycles. The number of carboxylic acid groups (broad SMARTS) is 1. The third kappa shape index (κ3) is 2.87. The molecule has 0 saturated heterocycles. The van der Waals surface area contributed by atoms with E-state index in [9.17, 15) is 13.2 Å². The lowest BCUT2D eigenvalue weighted by Crippen LogP contribution is -2.36. The van der Waals surface area contributed by atoms with Gasteiger partial charge in [-0.05, 0) is 48.2 Å². The first-order valence-electron chi connectivity index (χ1n) is 6.99. The Hall–Kier alpha value is -1.83. The van der Waals surface area contributed by atoms with E-state index in [1.54, 1.807) is 0 Å². The van der Waals surface area contributed by atoms with Crippen molar-refractivity contribution in [3.63, 3.8) is 0 Å². The molecule has 0 radical (unpaired) electrons. The number of nitrogens with one attached hydrogen (secondary N) is 1. The number of hydrogen-bond acceptors (Lipinski definition) is 3. The molecule has 0 bridgehead atoms. The summed E-state index contributed by atoms with van der Waals surface area (Å²) in [4.78, 5) is 13.3. The second kappa shape index (κ2) is 5.67. The second-order valence-electron chi connectivity index (χ2n) is 5.50. The minimum Gasteiger partial charge on any atom is -0.477 e. The predicted molar refractivity (Wildman–Crippen MR) is 85.2 cm³/mol. The van der Waals surface area contributed by atoms with Crippen LogP contribution in [0, 0.1) is 6.92 Å². The summed E-state index contributed by atoms with van der Waals surface area (Å²) in [5, 5.41) is 9.56. The number of H-pyrrole nitrogens is 1. The van der Waals surface area contributed by atoms with Gasteiger partial charge in [0, 0.05) is 24.3 Å². The van der Waals surface area contributed by atoms with Gasteiger partial charge < -0.3 is 10.1 Å². The van der Waals surface area contributed by atoms with Crippen molar-refractivity contribution in [1.29, 1.82) is 0 Å². The number of sulfonamides is 1. The van der Waals surface area contributed by atoms with E-state index >= 15 is 0 Å². The average molecular weight is 355 g/mol. The van der Waals surface area contributed by atoms with Crippen molar-refractivity contribution in [2.75, 3.05) is 6.54 Å². The van der Waals surface area contributed by atoms with Crippen LogP contribution in [0.15, 0.2) is 29.3 Å². The Labute approximate surface area is 138 Å². The zero-order valence-electron chi connectivity index (χ0n) is 12.3. The van der Waals surface area contributed by atoms with Crippen molar-refractivity contribution >= 4 is 27.6 Å². The number of hydrogen-bond donors (Lipinski definition) is 2. The molecule has 0 saturated carbocycles. The number of aryl methyl sites for hydroxylation is 1. The van der Waals surface area contributed by atoms with Gasteiger partial charge in [-0.2, -0.15) is 4.31 Å². The van der Waals surface area contributed by atoms with Gasteiger partial charge >= 0.3 is 5.97 Å². The third-order valence-corrected chi connectivity index (χ3v) is 6.06.